The summed E-state index contributed by atoms with van der Waals surface area (Å²) in [4.78, 5) is 22.6. The number of nitrogens with zero attached hydrogens (tertiary/aromatic N) is 5. The zero-order valence-electron chi connectivity index (χ0n) is 18.3. The number of imidazole rings is 1. The van der Waals surface area contributed by atoms with Gasteiger partial charge in [-0.2, -0.15) is 5.10 Å². The third-order valence-corrected chi connectivity index (χ3v) is 7.34. The number of ether oxygens (including phenoxy) is 2. The molecule has 6 heterocycles. The molecule has 1 amide bonds. The number of fused-ring (bicyclic) bond motifs is 3. The predicted molar refractivity (Wildman–Crippen MR) is 120 cm³/mol. The molecule has 4 fully saturated rings. The van der Waals surface area contributed by atoms with Gasteiger partial charge in [0.2, 0.25) is 0 Å². The second-order valence-electron chi connectivity index (χ2n) is 9.89. The molecule has 9 nitrogen and oxygen atoms in total. The first-order chi connectivity index (χ1) is 16.0. The van der Waals surface area contributed by atoms with Crippen LogP contribution in [0.1, 0.15) is 55.1 Å². The van der Waals surface area contributed by atoms with E-state index in [1.807, 2.05) is 22.9 Å². The molecule has 2 aliphatic heterocycles. The van der Waals surface area contributed by atoms with Crippen molar-refractivity contribution in [1.82, 2.24) is 24.0 Å². The minimum atomic E-state index is -0.263. The Kier molecular flexibility index (Phi) is 3.77. The van der Waals surface area contributed by atoms with E-state index in [0.717, 1.165) is 43.4 Å². The smallest absolute Gasteiger partial charge is 0.261 e. The number of carbonyl (C=O) groups excluding carboxylic acids is 1. The Hall–Kier alpha value is -3.46. The first-order valence-corrected chi connectivity index (χ1v) is 11.4. The number of amides is 1. The summed E-state index contributed by atoms with van der Waals surface area (Å²) in [6.45, 7) is 2.87. The second-order valence-corrected chi connectivity index (χ2v) is 9.89. The molecule has 4 aromatic heterocycles. The van der Waals surface area contributed by atoms with Crippen LogP contribution in [0.3, 0.4) is 0 Å². The van der Waals surface area contributed by atoms with Crippen molar-refractivity contribution in [3.63, 3.8) is 0 Å². The fourth-order valence-corrected chi connectivity index (χ4v) is 5.46. The molecule has 0 radical (unpaired) electrons. The van der Waals surface area contributed by atoms with Crippen molar-refractivity contribution in [2.75, 3.05) is 11.9 Å². The van der Waals surface area contributed by atoms with E-state index < -0.39 is 0 Å². The maximum Gasteiger partial charge on any atom is 0.261 e. The summed E-state index contributed by atoms with van der Waals surface area (Å²) in [7, 11) is 0. The van der Waals surface area contributed by atoms with Gasteiger partial charge in [-0.05, 0) is 45.1 Å². The third-order valence-electron chi connectivity index (χ3n) is 7.34. The number of aromatic nitrogens is 5. The van der Waals surface area contributed by atoms with Crippen molar-refractivity contribution >= 4 is 22.9 Å². The molecule has 0 spiro atoms. The Morgan fingerprint density at radius 1 is 1.30 bits per heavy atom. The lowest BCUT2D eigenvalue weighted by Gasteiger charge is -2.41. The van der Waals surface area contributed by atoms with Crippen LogP contribution in [0, 0.1) is 0 Å². The van der Waals surface area contributed by atoms with Gasteiger partial charge in [-0.15, -0.1) is 0 Å². The molecule has 2 bridgehead atoms. The average Bonchev–Trinajstić information content (AvgIpc) is 3.51. The zero-order chi connectivity index (χ0) is 22.2. The van der Waals surface area contributed by atoms with Crippen LogP contribution in [0.25, 0.3) is 11.3 Å². The summed E-state index contributed by atoms with van der Waals surface area (Å²) < 4.78 is 15.8. The van der Waals surface area contributed by atoms with Crippen LogP contribution in [0.4, 0.5) is 5.69 Å². The largest absolute Gasteiger partial charge is 0.489 e. The summed E-state index contributed by atoms with van der Waals surface area (Å²) in [6.07, 6.45) is 14.2. The number of hydrogen-bond acceptors (Lipinski definition) is 6. The lowest BCUT2D eigenvalue weighted by molar-refractivity contribution is 0.0154. The van der Waals surface area contributed by atoms with Gasteiger partial charge in [-0.1, -0.05) is 0 Å². The molecule has 4 aliphatic rings. The number of pyridine rings is 1. The van der Waals surface area contributed by atoms with Gasteiger partial charge < -0.3 is 19.2 Å². The standard InChI is InChI=1S/C24H24N6O3/c1-23-12-24(13-23,14-32-23)19-11-29-10-16(18(8-20(29)28-19)33-15-4-2-5-15)22(31)27-17-9-26-30-7-3-6-25-21(17)30/h3,6-11,15H,2,4-5,12-14H2,1H3,(H,27,31). The van der Waals surface area contributed by atoms with Crippen LogP contribution in [-0.4, -0.2) is 48.2 Å². The molecule has 1 N–H and O–H groups in total. The Morgan fingerprint density at radius 2 is 2.18 bits per heavy atom. The van der Waals surface area contributed by atoms with Gasteiger partial charge in [0.25, 0.3) is 5.91 Å². The van der Waals surface area contributed by atoms with Crippen molar-refractivity contribution in [2.45, 2.75) is 56.1 Å². The van der Waals surface area contributed by atoms with Crippen LogP contribution in [0.5, 0.6) is 5.75 Å². The van der Waals surface area contributed by atoms with Crippen LogP contribution < -0.4 is 10.1 Å². The molecule has 8 rings (SSSR count). The van der Waals surface area contributed by atoms with Crippen molar-refractivity contribution in [2.24, 2.45) is 0 Å². The molecule has 2 aliphatic carbocycles. The normalized spacial score (nSPS) is 26.3. The molecular formula is C24H24N6O3. The average molecular weight is 444 g/mol. The summed E-state index contributed by atoms with van der Waals surface area (Å²) in [5.41, 5.74) is 3.39. The van der Waals surface area contributed by atoms with Crippen LogP contribution >= 0.6 is 0 Å². The van der Waals surface area contributed by atoms with Crippen molar-refractivity contribution in [1.29, 1.82) is 0 Å². The highest BCUT2D eigenvalue weighted by Gasteiger charge is 2.61. The van der Waals surface area contributed by atoms with E-state index in [1.54, 1.807) is 29.2 Å². The Bertz CT molecular complexity index is 1410. The first kappa shape index (κ1) is 19.0. The monoisotopic (exact) mass is 444 g/mol. The van der Waals surface area contributed by atoms with E-state index in [1.165, 1.54) is 0 Å². The highest BCUT2D eigenvalue weighted by molar-refractivity contribution is 6.07. The van der Waals surface area contributed by atoms with E-state index in [0.29, 0.717) is 29.3 Å². The number of anilines is 1. The lowest BCUT2D eigenvalue weighted by Crippen LogP contribution is -2.45. The van der Waals surface area contributed by atoms with E-state index in [2.05, 4.69) is 22.3 Å². The summed E-state index contributed by atoms with van der Waals surface area (Å²) in [5, 5.41) is 7.21. The Morgan fingerprint density at radius 3 is 2.94 bits per heavy atom. The molecule has 4 aromatic rings. The van der Waals surface area contributed by atoms with Crippen LogP contribution in [0.15, 0.2) is 43.1 Å². The van der Waals surface area contributed by atoms with Crippen molar-refractivity contribution in [3.05, 3.63) is 54.4 Å². The number of hydrogen-bond donors (Lipinski definition) is 1. The topological polar surface area (TPSA) is 95.1 Å². The number of rotatable bonds is 5. The SMILES string of the molecule is CC12CC(c3cn4cc(C(=O)Nc5cnn6cccnc56)c(OC5CCC5)cc4n3)(CO1)C2. The maximum absolute atomic E-state index is 13.4. The molecular weight excluding hydrogens is 420 g/mol. The fraction of sp³-hybridized carbons (Fsp3) is 0.417. The quantitative estimate of drug-likeness (QED) is 0.507. The van der Waals surface area contributed by atoms with Crippen LogP contribution in [-0.2, 0) is 10.2 Å². The third kappa shape index (κ3) is 2.88. The number of carbonyl (C=O) groups is 1. The molecule has 168 valence electrons. The minimum absolute atomic E-state index is 0.0122. The van der Waals surface area contributed by atoms with Gasteiger partial charge in [0.05, 0.1) is 35.8 Å². The van der Waals surface area contributed by atoms with E-state index in [9.17, 15) is 4.79 Å². The van der Waals surface area contributed by atoms with E-state index in [-0.39, 0.29) is 23.0 Å². The minimum Gasteiger partial charge on any atom is -0.489 e. The van der Waals surface area contributed by atoms with Crippen molar-refractivity contribution < 1.29 is 14.3 Å². The Labute approximate surface area is 189 Å². The molecule has 0 atom stereocenters. The van der Waals surface area contributed by atoms with Gasteiger partial charge >= 0.3 is 0 Å². The summed E-state index contributed by atoms with van der Waals surface area (Å²) in [6, 6.07) is 3.68. The summed E-state index contributed by atoms with van der Waals surface area (Å²) >= 11 is 0. The van der Waals surface area contributed by atoms with E-state index >= 15 is 0 Å². The molecule has 2 saturated carbocycles. The summed E-state index contributed by atoms with van der Waals surface area (Å²) in [5.74, 6) is 0.297. The lowest BCUT2D eigenvalue weighted by atomic mass is 9.62. The van der Waals surface area contributed by atoms with Gasteiger partial charge in [-0.25, -0.2) is 14.5 Å². The van der Waals surface area contributed by atoms with E-state index in [4.69, 9.17) is 14.5 Å². The molecule has 2 saturated heterocycles. The highest BCUT2D eigenvalue weighted by atomic mass is 16.5. The predicted octanol–water partition coefficient (Wildman–Crippen LogP) is 3.38. The molecule has 0 aromatic carbocycles. The van der Waals surface area contributed by atoms with Crippen LogP contribution in [0.2, 0.25) is 0 Å². The van der Waals surface area contributed by atoms with Gasteiger partial charge in [0.1, 0.15) is 17.1 Å². The van der Waals surface area contributed by atoms with Crippen molar-refractivity contribution in [3.8, 4) is 5.75 Å². The van der Waals surface area contributed by atoms with Gasteiger partial charge in [-0.3, -0.25) is 4.79 Å². The zero-order valence-corrected chi connectivity index (χ0v) is 18.3. The Balaban J connectivity index is 1.26. The van der Waals surface area contributed by atoms with Gasteiger partial charge in [0.15, 0.2) is 5.65 Å². The highest BCUT2D eigenvalue weighted by Crippen LogP contribution is 2.58. The first-order valence-electron chi connectivity index (χ1n) is 11.4. The molecule has 9 heteroatoms. The fourth-order valence-electron chi connectivity index (χ4n) is 5.46. The molecule has 0 unspecified atom stereocenters. The maximum atomic E-state index is 13.4. The second kappa shape index (κ2) is 6.54. The van der Waals surface area contributed by atoms with Gasteiger partial charge in [0, 0.05) is 36.3 Å². The number of nitrogens with one attached hydrogen (secondary N) is 1. The molecule has 33 heavy (non-hydrogen) atoms.